The lowest BCUT2D eigenvalue weighted by molar-refractivity contribution is -0.384. The van der Waals surface area contributed by atoms with Gasteiger partial charge in [-0.15, -0.1) is 0 Å². The number of benzene rings is 1. The predicted octanol–water partition coefficient (Wildman–Crippen LogP) is 2.38. The number of esters is 1. The number of hydrogen-bond acceptors (Lipinski definition) is 7. The van der Waals surface area contributed by atoms with Crippen molar-refractivity contribution in [1.29, 1.82) is 0 Å². The van der Waals surface area contributed by atoms with Crippen LogP contribution >= 0.6 is 7.60 Å². The Bertz CT molecular complexity index is 520. The Morgan fingerprint density at radius 2 is 1.80 bits per heavy atom. The molecule has 0 aromatic heterocycles. The number of carbonyl (C=O) groups excluding carboxylic acids is 1. The van der Waals surface area contributed by atoms with Gasteiger partial charge < -0.3 is 13.8 Å². The number of hydrogen-bond donors (Lipinski definition) is 0. The molecular formula is C11H14NO7P. The fourth-order valence-corrected chi connectivity index (χ4v) is 2.27. The number of nitro benzene ring substituents is 1. The Kier molecular flexibility index (Phi) is 5.82. The summed E-state index contributed by atoms with van der Waals surface area (Å²) in [6, 6.07) is 5.06. The fraction of sp³-hybridized carbons (Fsp3) is 0.364. The average molecular weight is 303 g/mol. The fourth-order valence-electron chi connectivity index (χ4n) is 1.30. The number of carbonyl (C=O) groups is 1. The van der Waals surface area contributed by atoms with E-state index in [4.69, 9.17) is 4.74 Å². The second-order valence-electron chi connectivity index (χ2n) is 3.67. The second-order valence-corrected chi connectivity index (χ2v) is 6.07. The van der Waals surface area contributed by atoms with Crippen molar-refractivity contribution < 1.29 is 28.1 Å². The van der Waals surface area contributed by atoms with Crippen LogP contribution in [0, 0.1) is 10.1 Å². The summed E-state index contributed by atoms with van der Waals surface area (Å²) in [6.45, 7) is 0. The van der Waals surface area contributed by atoms with Crippen molar-refractivity contribution >= 4 is 19.3 Å². The molecule has 20 heavy (non-hydrogen) atoms. The minimum atomic E-state index is -3.25. The molecule has 0 unspecified atom stereocenters. The number of non-ortho nitro benzene ring substituents is 1. The van der Waals surface area contributed by atoms with Gasteiger partial charge in [0.25, 0.3) is 5.69 Å². The molecule has 0 aliphatic carbocycles. The molecule has 0 aliphatic rings. The van der Waals surface area contributed by atoms with Gasteiger partial charge in [0.2, 0.25) is 0 Å². The third kappa shape index (κ3) is 4.73. The van der Waals surface area contributed by atoms with Crippen LogP contribution in [0.4, 0.5) is 5.69 Å². The first-order valence-corrected chi connectivity index (χ1v) is 7.28. The van der Waals surface area contributed by atoms with Crippen molar-refractivity contribution in [2.75, 3.05) is 20.4 Å². The minimum Gasteiger partial charge on any atom is -0.427 e. The van der Waals surface area contributed by atoms with Gasteiger partial charge in [-0.25, -0.2) is 0 Å². The van der Waals surface area contributed by atoms with E-state index in [-0.39, 0.29) is 24.0 Å². The van der Waals surface area contributed by atoms with E-state index in [1.165, 1.54) is 38.5 Å². The van der Waals surface area contributed by atoms with Gasteiger partial charge in [0.15, 0.2) is 0 Å². The van der Waals surface area contributed by atoms with Crippen molar-refractivity contribution in [1.82, 2.24) is 0 Å². The number of ether oxygens (including phenoxy) is 1. The molecule has 0 radical (unpaired) electrons. The van der Waals surface area contributed by atoms with Gasteiger partial charge in [0.1, 0.15) is 5.75 Å². The first-order valence-electron chi connectivity index (χ1n) is 5.56. The molecule has 0 N–H and O–H groups in total. The summed E-state index contributed by atoms with van der Waals surface area (Å²) < 4.78 is 26.0. The van der Waals surface area contributed by atoms with Crippen LogP contribution in [0.3, 0.4) is 0 Å². The summed E-state index contributed by atoms with van der Waals surface area (Å²) >= 11 is 0. The van der Waals surface area contributed by atoms with Crippen LogP contribution in [0.1, 0.15) is 6.42 Å². The van der Waals surface area contributed by atoms with Gasteiger partial charge >= 0.3 is 13.6 Å². The van der Waals surface area contributed by atoms with E-state index in [0.29, 0.717) is 0 Å². The molecular weight excluding hydrogens is 289 g/mol. The molecule has 110 valence electrons. The SMILES string of the molecule is COP(=O)(CCC(=O)Oc1ccc([N+](=O)[O-])cc1)OC. The summed E-state index contributed by atoms with van der Waals surface area (Å²) in [7, 11) is -0.795. The van der Waals surface area contributed by atoms with E-state index in [1.54, 1.807) is 0 Å². The highest BCUT2D eigenvalue weighted by molar-refractivity contribution is 7.53. The first-order chi connectivity index (χ1) is 9.40. The summed E-state index contributed by atoms with van der Waals surface area (Å²) in [5, 5.41) is 10.5. The van der Waals surface area contributed by atoms with E-state index < -0.39 is 18.5 Å². The lowest BCUT2D eigenvalue weighted by Crippen LogP contribution is -2.10. The lowest BCUT2D eigenvalue weighted by Gasteiger charge is -2.12. The zero-order valence-electron chi connectivity index (χ0n) is 11.0. The van der Waals surface area contributed by atoms with Crippen LogP contribution in [0.25, 0.3) is 0 Å². The third-order valence-corrected chi connectivity index (χ3v) is 4.31. The molecule has 0 bridgehead atoms. The van der Waals surface area contributed by atoms with Gasteiger partial charge in [-0.05, 0) is 12.1 Å². The lowest BCUT2D eigenvalue weighted by atomic mass is 10.3. The van der Waals surface area contributed by atoms with Crippen molar-refractivity contribution in [2.24, 2.45) is 0 Å². The highest BCUT2D eigenvalue weighted by atomic mass is 31.2. The monoisotopic (exact) mass is 303 g/mol. The van der Waals surface area contributed by atoms with E-state index >= 15 is 0 Å². The van der Waals surface area contributed by atoms with Crippen LogP contribution in [0.2, 0.25) is 0 Å². The molecule has 1 aromatic carbocycles. The summed E-state index contributed by atoms with van der Waals surface area (Å²) in [4.78, 5) is 21.4. The quantitative estimate of drug-likeness (QED) is 0.250. The molecule has 0 aliphatic heterocycles. The Labute approximate surface area is 115 Å². The van der Waals surface area contributed by atoms with Gasteiger partial charge in [-0.2, -0.15) is 0 Å². The molecule has 0 fully saturated rings. The van der Waals surface area contributed by atoms with Crippen molar-refractivity contribution in [2.45, 2.75) is 6.42 Å². The Morgan fingerprint density at radius 3 is 2.25 bits per heavy atom. The molecule has 0 spiro atoms. The van der Waals surface area contributed by atoms with Crippen LogP contribution in [0.5, 0.6) is 5.75 Å². The molecule has 8 nitrogen and oxygen atoms in total. The summed E-state index contributed by atoms with van der Waals surface area (Å²) in [5.74, 6) is -0.460. The maximum absolute atomic E-state index is 11.7. The molecule has 0 amide bonds. The van der Waals surface area contributed by atoms with Crippen molar-refractivity contribution in [3.63, 3.8) is 0 Å². The molecule has 1 aromatic rings. The zero-order valence-corrected chi connectivity index (χ0v) is 11.9. The standard InChI is InChI=1S/C11H14NO7P/c1-17-20(16,18-2)8-7-11(13)19-10-5-3-9(4-6-10)12(14)15/h3-6H,7-8H2,1-2H3. The molecule has 0 saturated carbocycles. The maximum Gasteiger partial charge on any atom is 0.330 e. The molecule has 1 rings (SSSR count). The Morgan fingerprint density at radius 1 is 1.25 bits per heavy atom. The van der Waals surface area contributed by atoms with E-state index in [1.807, 2.05) is 0 Å². The molecule has 0 saturated heterocycles. The zero-order chi connectivity index (χ0) is 15.2. The Hall–Kier alpha value is -1.76. The smallest absolute Gasteiger partial charge is 0.330 e. The number of nitro groups is 1. The van der Waals surface area contributed by atoms with E-state index in [9.17, 15) is 19.5 Å². The second kappa shape index (κ2) is 7.14. The van der Waals surface area contributed by atoms with Gasteiger partial charge in [-0.3, -0.25) is 19.5 Å². The van der Waals surface area contributed by atoms with Gasteiger partial charge in [-0.1, -0.05) is 0 Å². The van der Waals surface area contributed by atoms with E-state index in [0.717, 1.165) is 0 Å². The van der Waals surface area contributed by atoms with Gasteiger partial charge in [0, 0.05) is 26.4 Å². The number of rotatable bonds is 7. The normalized spacial score (nSPS) is 11.1. The summed E-state index contributed by atoms with van der Waals surface area (Å²) in [5.41, 5.74) is -0.104. The van der Waals surface area contributed by atoms with Gasteiger partial charge in [0.05, 0.1) is 17.5 Å². The van der Waals surface area contributed by atoms with Crippen LogP contribution < -0.4 is 4.74 Å². The Balaban J connectivity index is 2.54. The summed E-state index contributed by atoms with van der Waals surface area (Å²) in [6.07, 6.45) is -0.262. The van der Waals surface area contributed by atoms with Crippen molar-refractivity contribution in [3.05, 3.63) is 34.4 Å². The van der Waals surface area contributed by atoms with Crippen LogP contribution in [-0.2, 0) is 18.4 Å². The highest BCUT2D eigenvalue weighted by Crippen LogP contribution is 2.46. The van der Waals surface area contributed by atoms with Crippen LogP contribution in [0.15, 0.2) is 24.3 Å². The largest absolute Gasteiger partial charge is 0.427 e. The number of nitrogens with zero attached hydrogens (tertiary/aromatic N) is 1. The third-order valence-electron chi connectivity index (χ3n) is 2.43. The molecule has 0 atom stereocenters. The molecule has 9 heteroatoms. The minimum absolute atomic E-state index is 0.104. The average Bonchev–Trinajstić information content (AvgIpc) is 2.45. The molecule has 0 heterocycles. The van der Waals surface area contributed by atoms with Crippen LogP contribution in [-0.4, -0.2) is 31.3 Å². The van der Waals surface area contributed by atoms with E-state index in [2.05, 4.69) is 9.05 Å². The topological polar surface area (TPSA) is 105 Å². The first kappa shape index (κ1) is 16.3. The predicted molar refractivity (Wildman–Crippen MR) is 69.8 cm³/mol. The van der Waals surface area contributed by atoms with Crippen molar-refractivity contribution in [3.8, 4) is 5.75 Å². The maximum atomic E-state index is 11.7. The highest BCUT2D eigenvalue weighted by Gasteiger charge is 2.23.